The molecule has 1 aliphatic heterocycles. The van der Waals surface area contributed by atoms with Gasteiger partial charge in [0.15, 0.2) is 0 Å². The SMILES string of the molecule is CCCC(=O)OC(C)CC1(C(C)CCC)C(=O)NC(=O)NC1=O. The van der Waals surface area contributed by atoms with E-state index in [1.807, 2.05) is 13.8 Å². The summed E-state index contributed by atoms with van der Waals surface area (Å²) >= 11 is 0. The largest absolute Gasteiger partial charge is 0.463 e. The van der Waals surface area contributed by atoms with Crippen molar-refractivity contribution in [1.82, 2.24) is 10.6 Å². The first-order chi connectivity index (χ1) is 10.8. The predicted molar refractivity (Wildman–Crippen MR) is 83.3 cm³/mol. The first-order valence-corrected chi connectivity index (χ1v) is 8.14. The first-order valence-electron chi connectivity index (χ1n) is 8.14. The van der Waals surface area contributed by atoms with Crippen LogP contribution in [-0.2, 0) is 19.1 Å². The third-order valence-electron chi connectivity index (χ3n) is 4.22. The Kier molecular flexibility index (Phi) is 6.72. The molecule has 2 unspecified atom stereocenters. The van der Waals surface area contributed by atoms with Gasteiger partial charge in [0.1, 0.15) is 11.5 Å². The fourth-order valence-electron chi connectivity index (χ4n) is 3.06. The van der Waals surface area contributed by atoms with Crippen molar-refractivity contribution in [2.75, 3.05) is 0 Å². The molecule has 1 saturated heterocycles. The summed E-state index contributed by atoms with van der Waals surface area (Å²) < 4.78 is 5.29. The van der Waals surface area contributed by atoms with Gasteiger partial charge >= 0.3 is 12.0 Å². The van der Waals surface area contributed by atoms with Gasteiger partial charge in [-0.15, -0.1) is 0 Å². The summed E-state index contributed by atoms with van der Waals surface area (Å²) in [5.41, 5.74) is -1.41. The number of carbonyl (C=O) groups excluding carboxylic acids is 4. The Labute approximate surface area is 136 Å². The van der Waals surface area contributed by atoms with Gasteiger partial charge in [-0.2, -0.15) is 0 Å². The molecule has 0 aromatic rings. The minimum atomic E-state index is -1.41. The van der Waals surface area contributed by atoms with Crippen molar-refractivity contribution >= 4 is 23.8 Å². The molecule has 0 radical (unpaired) electrons. The van der Waals surface area contributed by atoms with E-state index in [0.29, 0.717) is 19.3 Å². The molecule has 7 heteroatoms. The lowest BCUT2D eigenvalue weighted by atomic mass is 9.68. The molecule has 0 spiro atoms. The maximum absolute atomic E-state index is 12.5. The maximum Gasteiger partial charge on any atom is 0.328 e. The normalized spacial score (nSPS) is 19.6. The van der Waals surface area contributed by atoms with Gasteiger partial charge in [-0.1, -0.05) is 27.2 Å². The number of nitrogens with one attached hydrogen (secondary N) is 2. The molecular weight excluding hydrogens is 300 g/mol. The number of hydrogen-bond acceptors (Lipinski definition) is 5. The molecule has 1 aliphatic rings. The highest BCUT2D eigenvalue weighted by Gasteiger charge is 2.54. The summed E-state index contributed by atoms with van der Waals surface area (Å²) in [4.78, 5) is 47.9. The Bertz CT molecular complexity index is 469. The molecular formula is C16H26N2O5. The summed E-state index contributed by atoms with van der Waals surface area (Å²) in [6, 6.07) is -0.810. The number of barbiturate groups is 1. The van der Waals surface area contributed by atoms with Crippen LogP contribution in [0.2, 0.25) is 0 Å². The molecule has 0 aromatic carbocycles. The van der Waals surface area contributed by atoms with E-state index in [1.165, 1.54) is 0 Å². The fourth-order valence-corrected chi connectivity index (χ4v) is 3.06. The standard InChI is InChI=1S/C16H26N2O5/c1-5-7-10(3)16(9-11(4)23-12(19)8-6-2)13(20)17-15(22)18-14(16)21/h10-11H,5-9H2,1-4H3,(H2,17,18,20,21,22). The second kappa shape index (κ2) is 8.08. The van der Waals surface area contributed by atoms with E-state index >= 15 is 0 Å². The van der Waals surface area contributed by atoms with E-state index in [-0.39, 0.29) is 18.3 Å². The van der Waals surface area contributed by atoms with E-state index in [4.69, 9.17) is 4.74 Å². The van der Waals surface area contributed by atoms with Crippen LogP contribution in [0.5, 0.6) is 0 Å². The minimum absolute atomic E-state index is 0.0502. The van der Waals surface area contributed by atoms with Crippen LogP contribution in [0.1, 0.15) is 59.8 Å². The number of carbonyl (C=O) groups is 4. The van der Waals surface area contributed by atoms with Crippen LogP contribution < -0.4 is 10.6 Å². The summed E-state index contributed by atoms with van der Waals surface area (Å²) in [6.45, 7) is 7.28. The topological polar surface area (TPSA) is 102 Å². The Morgan fingerprint density at radius 1 is 1.09 bits per heavy atom. The average molecular weight is 326 g/mol. The zero-order chi connectivity index (χ0) is 17.6. The molecule has 1 rings (SSSR count). The Hall–Kier alpha value is -1.92. The molecule has 1 heterocycles. The van der Waals surface area contributed by atoms with Crippen molar-refractivity contribution < 1.29 is 23.9 Å². The molecule has 2 atom stereocenters. The van der Waals surface area contributed by atoms with Gasteiger partial charge < -0.3 is 4.74 Å². The number of amides is 4. The molecule has 23 heavy (non-hydrogen) atoms. The quantitative estimate of drug-likeness (QED) is 0.524. The molecule has 0 bridgehead atoms. The molecule has 130 valence electrons. The molecule has 7 nitrogen and oxygen atoms in total. The second-order valence-corrected chi connectivity index (χ2v) is 6.15. The van der Waals surface area contributed by atoms with Crippen molar-refractivity contribution in [3.8, 4) is 0 Å². The van der Waals surface area contributed by atoms with Crippen LogP contribution in [-0.4, -0.2) is 29.9 Å². The lowest BCUT2D eigenvalue weighted by Gasteiger charge is -2.39. The van der Waals surface area contributed by atoms with Crippen LogP contribution >= 0.6 is 0 Å². The third-order valence-corrected chi connectivity index (χ3v) is 4.22. The fraction of sp³-hybridized carbons (Fsp3) is 0.750. The summed E-state index contributed by atoms with van der Waals surface area (Å²) in [5.74, 6) is -1.88. The molecule has 4 amide bonds. The van der Waals surface area contributed by atoms with Crippen LogP contribution in [0, 0.1) is 11.3 Å². The minimum Gasteiger partial charge on any atom is -0.463 e. The highest BCUT2D eigenvalue weighted by Crippen LogP contribution is 2.38. The molecule has 0 aromatic heterocycles. The van der Waals surface area contributed by atoms with Gasteiger partial charge in [0, 0.05) is 12.8 Å². The van der Waals surface area contributed by atoms with Crippen LogP contribution in [0.25, 0.3) is 0 Å². The summed E-state index contributed by atoms with van der Waals surface area (Å²) in [7, 11) is 0. The van der Waals surface area contributed by atoms with Crippen LogP contribution in [0.15, 0.2) is 0 Å². The highest BCUT2D eigenvalue weighted by atomic mass is 16.5. The van der Waals surface area contributed by atoms with Crippen LogP contribution in [0.3, 0.4) is 0 Å². The smallest absolute Gasteiger partial charge is 0.328 e. The third kappa shape index (κ3) is 4.30. The molecule has 1 fully saturated rings. The van der Waals surface area contributed by atoms with E-state index in [1.54, 1.807) is 13.8 Å². The van der Waals surface area contributed by atoms with Gasteiger partial charge in [0.05, 0.1) is 0 Å². The Morgan fingerprint density at radius 2 is 1.65 bits per heavy atom. The van der Waals surface area contributed by atoms with Gasteiger partial charge in [-0.3, -0.25) is 25.0 Å². The van der Waals surface area contributed by atoms with Crippen LogP contribution in [0.4, 0.5) is 4.79 Å². The second-order valence-electron chi connectivity index (χ2n) is 6.15. The number of ether oxygens (including phenoxy) is 1. The summed E-state index contributed by atoms with van der Waals surface area (Å²) in [5, 5.41) is 4.35. The molecule has 0 saturated carbocycles. The number of rotatable bonds is 8. The first kappa shape index (κ1) is 19.1. The van der Waals surface area contributed by atoms with E-state index in [2.05, 4.69) is 10.6 Å². The number of hydrogen-bond donors (Lipinski definition) is 2. The molecule has 2 N–H and O–H groups in total. The summed E-state index contributed by atoms with van der Waals surface area (Å²) in [6.07, 6.45) is 1.84. The van der Waals surface area contributed by atoms with Gasteiger partial charge in [0.25, 0.3) is 0 Å². The maximum atomic E-state index is 12.5. The number of imide groups is 2. The Morgan fingerprint density at radius 3 is 2.13 bits per heavy atom. The molecule has 0 aliphatic carbocycles. The zero-order valence-electron chi connectivity index (χ0n) is 14.2. The van der Waals surface area contributed by atoms with E-state index < -0.39 is 29.4 Å². The highest BCUT2D eigenvalue weighted by molar-refractivity contribution is 6.19. The van der Waals surface area contributed by atoms with Gasteiger partial charge in [0.2, 0.25) is 11.8 Å². The average Bonchev–Trinajstić information content (AvgIpc) is 2.43. The Balaban J connectivity index is 3.01. The van der Waals surface area contributed by atoms with E-state index in [9.17, 15) is 19.2 Å². The van der Waals surface area contributed by atoms with E-state index in [0.717, 1.165) is 6.42 Å². The number of esters is 1. The van der Waals surface area contributed by atoms with Crippen molar-refractivity contribution in [1.29, 1.82) is 0 Å². The lowest BCUT2D eigenvalue weighted by Crippen LogP contribution is -2.65. The van der Waals surface area contributed by atoms with Crippen molar-refractivity contribution in [3.63, 3.8) is 0 Å². The number of urea groups is 1. The van der Waals surface area contributed by atoms with Crippen molar-refractivity contribution in [2.45, 2.75) is 65.9 Å². The predicted octanol–water partition coefficient (Wildman–Crippen LogP) is 1.90. The van der Waals surface area contributed by atoms with Gasteiger partial charge in [-0.25, -0.2) is 4.79 Å². The van der Waals surface area contributed by atoms with Gasteiger partial charge in [-0.05, 0) is 25.7 Å². The zero-order valence-corrected chi connectivity index (χ0v) is 14.2. The monoisotopic (exact) mass is 326 g/mol. The van der Waals surface area contributed by atoms with Crippen molar-refractivity contribution in [3.05, 3.63) is 0 Å². The van der Waals surface area contributed by atoms with Crippen molar-refractivity contribution in [2.24, 2.45) is 11.3 Å². The lowest BCUT2D eigenvalue weighted by molar-refractivity contribution is -0.159.